The predicted molar refractivity (Wildman–Crippen MR) is 114 cm³/mol. The molecule has 2 nitrogen and oxygen atoms in total. The number of aryl methyl sites for hydroxylation is 1. The minimum atomic E-state index is -3.83. The van der Waals surface area contributed by atoms with Gasteiger partial charge in [0.05, 0.1) is 4.90 Å². The maximum absolute atomic E-state index is 12.0. The lowest BCUT2D eigenvalue weighted by molar-refractivity contribution is 0.609. The Labute approximate surface area is 165 Å². The molecule has 0 heterocycles. The number of benzene rings is 2. The average Bonchev–Trinajstić information content (AvgIpc) is 2.77. The van der Waals surface area contributed by atoms with Crippen LogP contribution in [0.4, 0.5) is 0 Å². The Morgan fingerprint density at radius 1 is 1.04 bits per heavy atom. The van der Waals surface area contributed by atoms with Crippen LogP contribution in [0.5, 0.6) is 0 Å². The molecule has 3 rings (SSSR count). The SMILES string of the molecule is C=C/C=C\C1=C(C)C(=C/c2ccccc2S(=O)(=O)Cl)/c2ccccc2CC1. The molecule has 2 aromatic rings. The van der Waals surface area contributed by atoms with Gasteiger partial charge in [0.1, 0.15) is 0 Å². The highest BCUT2D eigenvalue weighted by Crippen LogP contribution is 2.36. The van der Waals surface area contributed by atoms with Gasteiger partial charge < -0.3 is 0 Å². The molecule has 0 unspecified atom stereocenters. The summed E-state index contributed by atoms with van der Waals surface area (Å²) in [6, 6.07) is 15.1. The summed E-state index contributed by atoms with van der Waals surface area (Å²) in [6.45, 7) is 5.83. The summed E-state index contributed by atoms with van der Waals surface area (Å²) < 4.78 is 24.0. The van der Waals surface area contributed by atoms with Crippen molar-refractivity contribution in [3.05, 3.63) is 101 Å². The van der Waals surface area contributed by atoms with E-state index in [1.54, 1.807) is 18.2 Å². The first-order chi connectivity index (χ1) is 12.9. The molecule has 1 aliphatic carbocycles. The molecule has 0 saturated heterocycles. The van der Waals surface area contributed by atoms with E-state index in [0.717, 1.165) is 29.6 Å². The zero-order chi connectivity index (χ0) is 19.4. The first-order valence-corrected chi connectivity index (χ1v) is 11.1. The molecular weight excluding hydrogens is 376 g/mol. The fourth-order valence-corrected chi connectivity index (χ4v) is 4.46. The first-order valence-electron chi connectivity index (χ1n) is 8.74. The first kappa shape index (κ1) is 19.4. The average molecular weight is 397 g/mol. The molecule has 1 aliphatic rings. The topological polar surface area (TPSA) is 34.1 Å². The van der Waals surface area contributed by atoms with E-state index in [9.17, 15) is 8.42 Å². The van der Waals surface area contributed by atoms with Crippen molar-refractivity contribution in [2.24, 2.45) is 0 Å². The predicted octanol–water partition coefficient (Wildman–Crippen LogP) is 6.16. The van der Waals surface area contributed by atoms with Crippen molar-refractivity contribution >= 4 is 31.4 Å². The summed E-state index contributed by atoms with van der Waals surface area (Å²) in [5, 5.41) is 0. The van der Waals surface area contributed by atoms with E-state index in [0.29, 0.717) is 5.56 Å². The molecule has 0 amide bonds. The van der Waals surface area contributed by atoms with E-state index in [2.05, 4.69) is 31.7 Å². The number of rotatable bonds is 4. The van der Waals surface area contributed by atoms with Gasteiger partial charge in [0.2, 0.25) is 0 Å². The highest BCUT2D eigenvalue weighted by atomic mass is 35.7. The summed E-state index contributed by atoms with van der Waals surface area (Å²) in [6.07, 6.45) is 9.54. The second kappa shape index (κ2) is 8.12. The van der Waals surface area contributed by atoms with Crippen LogP contribution < -0.4 is 0 Å². The third-order valence-corrected chi connectivity index (χ3v) is 6.17. The minimum absolute atomic E-state index is 0.122. The summed E-state index contributed by atoms with van der Waals surface area (Å²) in [5.74, 6) is 0. The van der Waals surface area contributed by atoms with Gasteiger partial charge in [0.15, 0.2) is 0 Å². The molecule has 0 saturated carbocycles. The summed E-state index contributed by atoms with van der Waals surface area (Å²) in [4.78, 5) is 0.122. The van der Waals surface area contributed by atoms with Gasteiger partial charge in [-0.3, -0.25) is 0 Å². The Balaban J connectivity index is 2.28. The quantitative estimate of drug-likeness (QED) is 0.458. The number of halogens is 1. The molecule has 0 radical (unpaired) electrons. The zero-order valence-electron chi connectivity index (χ0n) is 15.2. The number of fused-ring (bicyclic) bond motifs is 1. The second-order valence-corrected chi connectivity index (χ2v) is 8.97. The molecule has 0 fully saturated rings. The van der Waals surface area contributed by atoms with Gasteiger partial charge >= 0.3 is 0 Å². The largest absolute Gasteiger partial charge is 0.261 e. The lowest BCUT2D eigenvalue weighted by Gasteiger charge is -2.13. The molecule has 0 atom stereocenters. The molecule has 0 aliphatic heterocycles. The standard InChI is InChI=1S/C23H21ClO2S/c1-3-4-9-18-14-15-19-10-5-7-12-21(19)22(17(18)2)16-20-11-6-8-13-23(20)27(24,25)26/h3-13,16H,1,14-15H2,2H3/b9-4-,22-16-. The smallest absolute Gasteiger partial charge is 0.207 e. The van der Waals surface area contributed by atoms with Crippen LogP contribution in [-0.4, -0.2) is 8.42 Å². The van der Waals surface area contributed by atoms with Crippen LogP contribution in [0.2, 0.25) is 0 Å². The van der Waals surface area contributed by atoms with Crippen LogP contribution in [0, 0.1) is 0 Å². The van der Waals surface area contributed by atoms with Crippen molar-refractivity contribution in [2.45, 2.75) is 24.7 Å². The molecule has 138 valence electrons. The maximum atomic E-state index is 12.0. The Hall–Kier alpha value is -2.36. The van der Waals surface area contributed by atoms with Gasteiger partial charge in [-0.25, -0.2) is 8.42 Å². The summed E-state index contributed by atoms with van der Waals surface area (Å²) in [5.41, 5.74) is 6.31. The number of hydrogen-bond donors (Lipinski definition) is 0. The molecule has 0 spiro atoms. The van der Waals surface area contributed by atoms with Crippen LogP contribution in [0.1, 0.15) is 30.0 Å². The van der Waals surface area contributed by atoms with Gasteiger partial charge in [0, 0.05) is 10.7 Å². The third kappa shape index (κ3) is 4.32. The number of allylic oxidation sites excluding steroid dienone is 6. The Morgan fingerprint density at radius 3 is 2.48 bits per heavy atom. The van der Waals surface area contributed by atoms with Gasteiger partial charge in [0.25, 0.3) is 9.05 Å². The lowest BCUT2D eigenvalue weighted by atomic mass is 9.93. The van der Waals surface area contributed by atoms with Crippen molar-refractivity contribution in [1.82, 2.24) is 0 Å². The van der Waals surface area contributed by atoms with Crippen molar-refractivity contribution < 1.29 is 8.42 Å². The molecule has 0 N–H and O–H groups in total. The monoisotopic (exact) mass is 396 g/mol. The number of hydrogen-bond acceptors (Lipinski definition) is 2. The normalized spacial score (nSPS) is 16.4. The van der Waals surface area contributed by atoms with E-state index in [-0.39, 0.29) is 4.90 Å². The molecule has 4 heteroatoms. The van der Waals surface area contributed by atoms with E-state index >= 15 is 0 Å². The Kier molecular flexibility index (Phi) is 5.83. The zero-order valence-corrected chi connectivity index (χ0v) is 16.7. The van der Waals surface area contributed by atoms with Crippen molar-refractivity contribution in [2.75, 3.05) is 0 Å². The van der Waals surface area contributed by atoms with E-state index in [4.69, 9.17) is 10.7 Å². The van der Waals surface area contributed by atoms with Crippen LogP contribution in [0.3, 0.4) is 0 Å². The fourth-order valence-electron chi connectivity index (χ4n) is 3.39. The van der Waals surface area contributed by atoms with Crippen LogP contribution in [0.25, 0.3) is 11.6 Å². The van der Waals surface area contributed by atoms with Crippen LogP contribution in [-0.2, 0) is 15.5 Å². The minimum Gasteiger partial charge on any atom is -0.207 e. The summed E-state index contributed by atoms with van der Waals surface area (Å²) in [7, 11) is 1.82. The van der Waals surface area contributed by atoms with Gasteiger partial charge in [-0.2, -0.15) is 0 Å². The lowest BCUT2D eigenvalue weighted by Crippen LogP contribution is -1.96. The maximum Gasteiger partial charge on any atom is 0.261 e. The van der Waals surface area contributed by atoms with E-state index in [1.165, 1.54) is 17.2 Å². The van der Waals surface area contributed by atoms with E-state index in [1.807, 2.05) is 30.4 Å². The summed E-state index contributed by atoms with van der Waals surface area (Å²) >= 11 is 0. The Morgan fingerprint density at radius 2 is 1.74 bits per heavy atom. The molecule has 0 aromatic heterocycles. The molecular formula is C23H21ClO2S. The fraction of sp³-hybridized carbons (Fsp3) is 0.130. The van der Waals surface area contributed by atoms with Crippen molar-refractivity contribution in [3.63, 3.8) is 0 Å². The molecule has 27 heavy (non-hydrogen) atoms. The Bertz CT molecular complexity index is 1070. The van der Waals surface area contributed by atoms with Crippen LogP contribution in [0.15, 0.2) is 89.4 Å². The molecule has 0 bridgehead atoms. The van der Waals surface area contributed by atoms with Crippen molar-refractivity contribution in [3.8, 4) is 0 Å². The highest BCUT2D eigenvalue weighted by molar-refractivity contribution is 8.13. The highest BCUT2D eigenvalue weighted by Gasteiger charge is 2.19. The second-order valence-electron chi connectivity index (χ2n) is 6.44. The van der Waals surface area contributed by atoms with E-state index < -0.39 is 9.05 Å². The molecule has 2 aromatic carbocycles. The van der Waals surface area contributed by atoms with Gasteiger partial charge in [-0.05, 0) is 65.3 Å². The van der Waals surface area contributed by atoms with Crippen molar-refractivity contribution in [1.29, 1.82) is 0 Å². The van der Waals surface area contributed by atoms with Crippen LogP contribution >= 0.6 is 10.7 Å². The third-order valence-electron chi connectivity index (χ3n) is 4.77. The van der Waals surface area contributed by atoms with Gasteiger partial charge in [-0.1, -0.05) is 67.3 Å². The van der Waals surface area contributed by atoms with Gasteiger partial charge in [-0.15, -0.1) is 0 Å².